The molecule has 104 valence electrons. The maximum absolute atomic E-state index is 12.1. The summed E-state index contributed by atoms with van der Waals surface area (Å²) in [6.45, 7) is 2.81. The molecule has 0 atom stereocenters. The van der Waals surface area contributed by atoms with E-state index in [2.05, 4.69) is 31.5 Å². The second-order valence-corrected chi connectivity index (χ2v) is 5.33. The minimum absolute atomic E-state index is 0.268. The van der Waals surface area contributed by atoms with E-state index in [1.807, 2.05) is 13.0 Å². The van der Waals surface area contributed by atoms with Crippen LogP contribution in [0.4, 0.5) is 11.4 Å². The van der Waals surface area contributed by atoms with Crippen LogP contribution in [0.1, 0.15) is 17.4 Å². The fourth-order valence-corrected chi connectivity index (χ4v) is 2.40. The Bertz CT molecular complexity index is 616. The number of carbonyl (C=O) groups is 1. The molecule has 0 saturated carbocycles. The molecule has 2 rings (SSSR count). The minimum atomic E-state index is -0.268. The zero-order valence-corrected chi connectivity index (χ0v) is 13.1. The standard InChI is InChI=1S/C14H13BrClN3O/c1-2-17-10-4-6-13(18-8-10)14(20)19-12-5-3-9(16)7-11(12)15/h3-8,17H,2H2,1H3,(H,19,20). The molecular weight excluding hydrogens is 342 g/mol. The highest BCUT2D eigenvalue weighted by atomic mass is 79.9. The van der Waals surface area contributed by atoms with Gasteiger partial charge in [-0.25, -0.2) is 4.98 Å². The lowest BCUT2D eigenvalue weighted by Gasteiger charge is -2.08. The molecule has 6 heteroatoms. The molecule has 2 aromatic rings. The molecule has 1 aromatic heterocycles. The molecule has 0 saturated heterocycles. The third kappa shape index (κ3) is 3.71. The summed E-state index contributed by atoms with van der Waals surface area (Å²) < 4.78 is 0.725. The normalized spacial score (nSPS) is 10.2. The van der Waals surface area contributed by atoms with Crippen LogP contribution in [-0.2, 0) is 0 Å². The first kappa shape index (κ1) is 14.8. The van der Waals surface area contributed by atoms with Gasteiger partial charge in [0, 0.05) is 16.0 Å². The molecule has 4 nitrogen and oxygen atoms in total. The molecule has 0 aliphatic rings. The second-order valence-electron chi connectivity index (χ2n) is 4.04. The van der Waals surface area contributed by atoms with Gasteiger partial charge < -0.3 is 10.6 Å². The summed E-state index contributed by atoms with van der Waals surface area (Å²) in [5.74, 6) is -0.268. The van der Waals surface area contributed by atoms with Crippen molar-refractivity contribution >= 4 is 44.8 Å². The first-order chi connectivity index (χ1) is 9.60. The van der Waals surface area contributed by atoms with Gasteiger partial charge in [0.25, 0.3) is 5.91 Å². The Kier molecular flexibility index (Phi) is 4.98. The van der Waals surface area contributed by atoms with Gasteiger partial charge in [0.1, 0.15) is 5.69 Å². The predicted octanol–water partition coefficient (Wildman–Crippen LogP) is 4.18. The lowest BCUT2D eigenvalue weighted by Crippen LogP contribution is -2.14. The van der Waals surface area contributed by atoms with Crippen LogP contribution in [0.25, 0.3) is 0 Å². The van der Waals surface area contributed by atoms with Crippen molar-refractivity contribution in [3.05, 3.63) is 51.7 Å². The van der Waals surface area contributed by atoms with Crippen molar-refractivity contribution in [3.63, 3.8) is 0 Å². The molecule has 2 N–H and O–H groups in total. The van der Waals surface area contributed by atoms with Gasteiger partial charge in [-0.3, -0.25) is 4.79 Å². The van der Waals surface area contributed by atoms with Crippen molar-refractivity contribution in [2.45, 2.75) is 6.92 Å². The van der Waals surface area contributed by atoms with E-state index < -0.39 is 0 Å². The number of benzene rings is 1. The number of pyridine rings is 1. The van der Waals surface area contributed by atoms with Gasteiger partial charge in [0.15, 0.2) is 0 Å². The Morgan fingerprint density at radius 1 is 1.35 bits per heavy atom. The van der Waals surface area contributed by atoms with Crippen molar-refractivity contribution in [2.75, 3.05) is 17.2 Å². The number of rotatable bonds is 4. The zero-order valence-electron chi connectivity index (χ0n) is 10.8. The van der Waals surface area contributed by atoms with Crippen molar-refractivity contribution in [2.24, 2.45) is 0 Å². The summed E-state index contributed by atoms with van der Waals surface area (Å²) in [6.07, 6.45) is 1.63. The summed E-state index contributed by atoms with van der Waals surface area (Å²) in [7, 11) is 0. The van der Waals surface area contributed by atoms with Crippen LogP contribution in [0.15, 0.2) is 41.0 Å². The van der Waals surface area contributed by atoms with Gasteiger partial charge in [0.05, 0.1) is 17.6 Å². The van der Waals surface area contributed by atoms with Crippen LogP contribution in [-0.4, -0.2) is 17.4 Å². The average molecular weight is 355 g/mol. The van der Waals surface area contributed by atoms with Gasteiger partial charge in [-0.05, 0) is 53.2 Å². The highest BCUT2D eigenvalue weighted by Gasteiger charge is 2.09. The number of aromatic nitrogens is 1. The maximum atomic E-state index is 12.1. The monoisotopic (exact) mass is 353 g/mol. The van der Waals surface area contributed by atoms with Crippen molar-refractivity contribution in [1.29, 1.82) is 0 Å². The molecule has 1 heterocycles. The maximum Gasteiger partial charge on any atom is 0.274 e. The predicted molar refractivity (Wildman–Crippen MR) is 85.5 cm³/mol. The Morgan fingerprint density at radius 2 is 2.15 bits per heavy atom. The fourth-order valence-electron chi connectivity index (χ4n) is 1.61. The van der Waals surface area contributed by atoms with Gasteiger partial charge in [-0.1, -0.05) is 11.6 Å². The van der Waals surface area contributed by atoms with E-state index in [1.165, 1.54) is 0 Å². The molecule has 20 heavy (non-hydrogen) atoms. The van der Waals surface area contributed by atoms with Gasteiger partial charge in [-0.15, -0.1) is 0 Å². The number of hydrogen-bond acceptors (Lipinski definition) is 3. The summed E-state index contributed by atoms with van der Waals surface area (Å²) in [5.41, 5.74) is 1.89. The number of hydrogen-bond donors (Lipinski definition) is 2. The third-order valence-electron chi connectivity index (χ3n) is 2.56. The number of nitrogens with one attached hydrogen (secondary N) is 2. The van der Waals surface area contributed by atoms with Crippen LogP contribution in [0.2, 0.25) is 5.02 Å². The minimum Gasteiger partial charge on any atom is -0.384 e. The second kappa shape index (κ2) is 6.72. The van der Waals surface area contributed by atoms with E-state index >= 15 is 0 Å². The van der Waals surface area contributed by atoms with E-state index in [0.29, 0.717) is 16.4 Å². The Balaban J connectivity index is 2.11. The summed E-state index contributed by atoms with van der Waals surface area (Å²) in [4.78, 5) is 16.2. The van der Waals surface area contributed by atoms with Crippen molar-refractivity contribution in [3.8, 4) is 0 Å². The third-order valence-corrected chi connectivity index (χ3v) is 3.45. The highest BCUT2D eigenvalue weighted by Crippen LogP contribution is 2.26. The van der Waals surface area contributed by atoms with Crippen LogP contribution in [0.3, 0.4) is 0 Å². The summed E-state index contributed by atoms with van der Waals surface area (Å²) >= 11 is 9.21. The van der Waals surface area contributed by atoms with E-state index in [4.69, 9.17) is 11.6 Å². The first-order valence-corrected chi connectivity index (χ1v) is 7.23. The zero-order chi connectivity index (χ0) is 14.5. The number of halogens is 2. The van der Waals surface area contributed by atoms with Crippen LogP contribution >= 0.6 is 27.5 Å². The van der Waals surface area contributed by atoms with Gasteiger partial charge >= 0.3 is 0 Å². The molecule has 1 amide bonds. The number of amides is 1. The van der Waals surface area contributed by atoms with E-state index in [9.17, 15) is 4.79 Å². The fraction of sp³-hybridized carbons (Fsp3) is 0.143. The lowest BCUT2D eigenvalue weighted by molar-refractivity contribution is 0.102. The van der Waals surface area contributed by atoms with Crippen LogP contribution in [0, 0.1) is 0 Å². The van der Waals surface area contributed by atoms with E-state index in [-0.39, 0.29) is 5.91 Å². The molecule has 0 aliphatic carbocycles. The lowest BCUT2D eigenvalue weighted by atomic mass is 10.3. The number of carbonyl (C=O) groups excluding carboxylic acids is 1. The molecule has 1 aromatic carbocycles. The first-order valence-electron chi connectivity index (χ1n) is 6.06. The molecule has 0 fully saturated rings. The number of nitrogens with zero attached hydrogens (tertiary/aromatic N) is 1. The Morgan fingerprint density at radius 3 is 2.75 bits per heavy atom. The highest BCUT2D eigenvalue weighted by molar-refractivity contribution is 9.10. The van der Waals surface area contributed by atoms with Gasteiger partial charge in [0.2, 0.25) is 0 Å². The SMILES string of the molecule is CCNc1ccc(C(=O)Nc2ccc(Cl)cc2Br)nc1. The molecular formula is C14H13BrClN3O. The van der Waals surface area contributed by atoms with E-state index in [1.54, 1.807) is 30.5 Å². The average Bonchev–Trinajstić information content (AvgIpc) is 2.43. The molecule has 0 bridgehead atoms. The topological polar surface area (TPSA) is 54.0 Å². The van der Waals surface area contributed by atoms with Crippen LogP contribution in [0.5, 0.6) is 0 Å². The van der Waals surface area contributed by atoms with Gasteiger partial charge in [-0.2, -0.15) is 0 Å². The largest absolute Gasteiger partial charge is 0.384 e. The molecule has 0 radical (unpaired) electrons. The summed E-state index contributed by atoms with van der Waals surface area (Å²) in [5, 5.41) is 6.50. The quantitative estimate of drug-likeness (QED) is 0.866. The Labute approximate surface area is 130 Å². The molecule has 0 unspecified atom stereocenters. The smallest absolute Gasteiger partial charge is 0.274 e. The number of anilines is 2. The van der Waals surface area contributed by atoms with Crippen molar-refractivity contribution < 1.29 is 4.79 Å². The summed E-state index contributed by atoms with van der Waals surface area (Å²) in [6, 6.07) is 8.67. The molecule has 0 spiro atoms. The van der Waals surface area contributed by atoms with Crippen molar-refractivity contribution in [1.82, 2.24) is 4.98 Å². The van der Waals surface area contributed by atoms with E-state index in [0.717, 1.165) is 16.7 Å². The molecule has 0 aliphatic heterocycles. The van der Waals surface area contributed by atoms with Crippen LogP contribution < -0.4 is 10.6 Å². The Hall–Kier alpha value is -1.59.